The van der Waals surface area contributed by atoms with Gasteiger partial charge in [-0.2, -0.15) is 0 Å². The number of ether oxygens (including phenoxy) is 1. The zero-order valence-corrected chi connectivity index (χ0v) is 15.9. The Morgan fingerprint density at radius 1 is 1.26 bits per heavy atom. The van der Waals surface area contributed by atoms with Crippen LogP contribution < -0.4 is 5.32 Å². The van der Waals surface area contributed by atoms with Crippen LogP contribution in [-0.2, 0) is 9.53 Å². The van der Waals surface area contributed by atoms with E-state index in [9.17, 15) is 9.59 Å². The van der Waals surface area contributed by atoms with Gasteiger partial charge in [-0.25, -0.2) is 4.98 Å². The number of thiazole rings is 1. The Morgan fingerprint density at radius 2 is 2.04 bits per heavy atom. The third kappa shape index (κ3) is 4.28. The Balaban J connectivity index is 1.54. The van der Waals surface area contributed by atoms with Crippen molar-refractivity contribution in [3.8, 4) is 11.5 Å². The number of hydrogen-bond acceptors (Lipinski definition) is 7. The number of furan rings is 1. The quantitative estimate of drug-likeness (QED) is 0.765. The van der Waals surface area contributed by atoms with E-state index in [1.807, 2.05) is 0 Å². The number of Topliss-reactive ketones (excluding diaryl/α,β-unsaturated/α-hetero) is 1. The fourth-order valence-electron chi connectivity index (χ4n) is 3.57. The molecular weight excluding hydrogens is 366 g/mol. The first-order valence-electron chi connectivity index (χ1n) is 9.39. The smallest absolute Gasteiger partial charge is 0.240 e. The molecule has 2 saturated heterocycles. The van der Waals surface area contributed by atoms with Gasteiger partial charge >= 0.3 is 0 Å². The number of hydrogen-bond donors (Lipinski definition) is 1. The number of amides is 1. The van der Waals surface area contributed by atoms with Crippen molar-refractivity contribution in [1.82, 2.24) is 9.88 Å². The van der Waals surface area contributed by atoms with Gasteiger partial charge in [0.15, 0.2) is 16.7 Å². The van der Waals surface area contributed by atoms with Crippen molar-refractivity contribution < 1.29 is 18.7 Å². The Labute approximate surface area is 161 Å². The third-order valence-corrected chi connectivity index (χ3v) is 6.00. The van der Waals surface area contributed by atoms with Gasteiger partial charge in [0.1, 0.15) is 10.6 Å². The minimum atomic E-state index is -0.0956. The average Bonchev–Trinajstić information content (AvgIpc) is 3.43. The Hall–Kier alpha value is -2.03. The summed E-state index contributed by atoms with van der Waals surface area (Å²) in [6, 6.07) is 3.55. The lowest BCUT2D eigenvalue weighted by atomic mass is 9.94. The molecule has 2 aromatic rings. The van der Waals surface area contributed by atoms with Gasteiger partial charge in [-0.1, -0.05) is 11.3 Å². The summed E-state index contributed by atoms with van der Waals surface area (Å²) in [6.45, 7) is 3.47. The summed E-state index contributed by atoms with van der Waals surface area (Å²) < 4.78 is 10.8. The van der Waals surface area contributed by atoms with Crippen LogP contribution in [0.2, 0.25) is 0 Å². The lowest BCUT2D eigenvalue weighted by Crippen LogP contribution is -2.30. The Morgan fingerprint density at radius 3 is 2.74 bits per heavy atom. The van der Waals surface area contributed by atoms with E-state index in [1.165, 1.54) is 11.3 Å². The molecule has 7 nitrogen and oxygen atoms in total. The van der Waals surface area contributed by atoms with Crippen LogP contribution in [-0.4, -0.2) is 54.4 Å². The molecule has 2 aliphatic rings. The maximum atomic E-state index is 13.0. The molecule has 0 bridgehead atoms. The van der Waals surface area contributed by atoms with Gasteiger partial charge in [0.2, 0.25) is 5.91 Å². The number of aromatic nitrogens is 1. The van der Waals surface area contributed by atoms with E-state index in [0.29, 0.717) is 54.1 Å². The van der Waals surface area contributed by atoms with E-state index in [-0.39, 0.29) is 17.6 Å². The molecule has 0 atom stereocenters. The number of rotatable bonds is 6. The summed E-state index contributed by atoms with van der Waals surface area (Å²) in [5.41, 5.74) is 0.512. The van der Waals surface area contributed by atoms with Gasteiger partial charge in [-0.15, -0.1) is 0 Å². The molecule has 0 aromatic carbocycles. The largest absolute Gasteiger partial charge is 0.463 e. The second kappa shape index (κ2) is 8.33. The van der Waals surface area contributed by atoms with E-state index in [4.69, 9.17) is 9.15 Å². The molecule has 8 heteroatoms. The molecule has 27 heavy (non-hydrogen) atoms. The van der Waals surface area contributed by atoms with E-state index in [0.717, 1.165) is 25.9 Å². The van der Waals surface area contributed by atoms with Gasteiger partial charge in [0.25, 0.3) is 0 Å². The van der Waals surface area contributed by atoms with Crippen molar-refractivity contribution in [2.45, 2.75) is 25.7 Å². The standard InChI is InChI=1S/C19H23N3O4S/c23-15(12-22-7-1-2-8-22)20-19-21-16(14-4-3-9-26-14)18(27-19)17(24)13-5-10-25-11-6-13/h3-4,9,13H,1-2,5-8,10-12H2,(H,20,21,23). The lowest BCUT2D eigenvalue weighted by molar-refractivity contribution is -0.117. The predicted molar refractivity (Wildman–Crippen MR) is 102 cm³/mol. The first-order chi connectivity index (χ1) is 13.2. The van der Waals surface area contributed by atoms with Crippen molar-refractivity contribution in [3.05, 3.63) is 23.3 Å². The number of anilines is 1. The Kier molecular flexibility index (Phi) is 5.66. The Bertz CT molecular complexity index is 790. The van der Waals surface area contributed by atoms with E-state index in [2.05, 4.69) is 15.2 Å². The predicted octanol–water partition coefficient (Wildman–Crippen LogP) is 3.05. The van der Waals surface area contributed by atoms with Crippen molar-refractivity contribution in [1.29, 1.82) is 0 Å². The molecule has 0 unspecified atom stereocenters. The van der Waals surface area contributed by atoms with Gasteiger partial charge in [0, 0.05) is 19.1 Å². The second-order valence-corrected chi connectivity index (χ2v) is 7.96. The third-order valence-electron chi connectivity index (χ3n) is 5.01. The minimum Gasteiger partial charge on any atom is -0.463 e. The average molecular weight is 389 g/mol. The molecule has 1 amide bonds. The summed E-state index contributed by atoms with van der Waals surface area (Å²) >= 11 is 1.23. The number of nitrogens with one attached hydrogen (secondary N) is 1. The number of ketones is 1. The highest BCUT2D eigenvalue weighted by Crippen LogP contribution is 2.35. The highest BCUT2D eigenvalue weighted by atomic mass is 32.1. The first-order valence-corrected chi connectivity index (χ1v) is 10.2. The van der Waals surface area contributed by atoms with Crippen molar-refractivity contribution in [2.24, 2.45) is 5.92 Å². The SMILES string of the molecule is O=C(CN1CCCC1)Nc1nc(-c2ccco2)c(C(=O)C2CCOCC2)s1. The number of likely N-dealkylation sites (tertiary alicyclic amines) is 1. The fraction of sp³-hybridized carbons (Fsp3) is 0.526. The lowest BCUT2D eigenvalue weighted by Gasteiger charge is -2.20. The summed E-state index contributed by atoms with van der Waals surface area (Å²) in [4.78, 5) is 32.6. The van der Waals surface area contributed by atoms with Crippen molar-refractivity contribution >= 4 is 28.2 Å². The molecule has 0 aliphatic carbocycles. The summed E-state index contributed by atoms with van der Waals surface area (Å²) in [7, 11) is 0. The topological polar surface area (TPSA) is 84.7 Å². The normalized spacial score (nSPS) is 18.7. The van der Waals surface area contributed by atoms with Crippen LogP contribution in [0.1, 0.15) is 35.4 Å². The van der Waals surface area contributed by atoms with Gasteiger partial charge in [0.05, 0.1) is 12.8 Å². The van der Waals surface area contributed by atoms with Crippen molar-refractivity contribution in [3.63, 3.8) is 0 Å². The van der Waals surface area contributed by atoms with Crippen LogP contribution in [0.3, 0.4) is 0 Å². The molecule has 144 valence electrons. The zero-order valence-electron chi connectivity index (χ0n) is 15.1. The molecule has 2 aliphatic heterocycles. The fourth-order valence-corrected chi connectivity index (χ4v) is 4.57. The van der Waals surface area contributed by atoms with Crippen molar-refractivity contribution in [2.75, 3.05) is 38.2 Å². The minimum absolute atomic E-state index is 0.0576. The summed E-state index contributed by atoms with van der Waals surface area (Å²) in [6.07, 6.45) is 5.26. The van der Waals surface area contributed by atoms with Crippen LogP contribution in [0.4, 0.5) is 5.13 Å². The molecule has 2 aromatic heterocycles. The van der Waals surface area contributed by atoms with Gasteiger partial charge in [-0.05, 0) is 50.9 Å². The maximum Gasteiger partial charge on any atom is 0.240 e. The first kappa shape index (κ1) is 18.3. The van der Waals surface area contributed by atoms with E-state index < -0.39 is 0 Å². The molecule has 4 heterocycles. The molecule has 0 spiro atoms. The van der Waals surface area contributed by atoms with Gasteiger partial charge < -0.3 is 14.5 Å². The number of nitrogens with zero attached hydrogens (tertiary/aromatic N) is 2. The molecular formula is C19H23N3O4S. The molecule has 0 radical (unpaired) electrons. The number of carbonyl (C=O) groups is 2. The molecule has 1 N–H and O–H groups in total. The van der Waals surface area contributed by atoms with E-state index in [1.54, 1.807) is 18.4 Å². The second-order valence-electron chi connectivity index (χ2n) is 6.96. The summed E-state index contributed by atoms with van der Waals surface area (Å²) in [5.74, 6) is 0.437. The number of carbonyl (C=O) groups excluding carboxylic acids is 2. The van der Waals surface area contributed by atoms with Crippen LogP contribution in [0.25, 0.3) is 11.5 Å². The maximum absolute atomic E-state index is 13.0. The summed E-state index contributed by atoms with van der Waals surface area (Å²) in [5, 5.41) is 3.30. The molecule has 2 fully saturated rings. The van der Waals surface area contributed by atoms with Crippen LogP contribution >= 0.6 is 11.3 Å². The monoisotopic (exact) mass is 389 g/mol. The molecule has 0 saturated carbocycles. The zero-order chi connectivity index (χ0) is 18.6. The van der Waals surface area contributed by atoms with Crippen LogP contribution in [0, 0.1) is 5.92 Å². The van der Waals surface area contributed by atoms with Crippen LogP contribution in [0.15, 0.2) is 22.8 Å². The van der Waals surface area contributed by atoms with E-state index >= 15 is 0 Å². The van der Waals surface area contributed by atoms with Gasteiger partial charge in [-0.3, -0.25) is 14.5 Å². The highest BCUT2D eigenvalue weighted by Gasteiger charge is 2.29. The highest BCUT2D eigenvalue weighted by molar-refractivity contribution is 7.18. The van der Waals surface area contributed by atoms with Crippen LogP contribution in [0.5, 0.6) is 0 Å². The molecule has 4 rings (SSSR count).